The van der Waals surface area contributed by atoms with Crippen molar-refractivity contribution in [2.24, 2.45) is 0 Å². The van der Waals surface area contributed by atoms with Crippen molar-refractivity contribution in [2.45, 2.75) is 40.0 Å². The van der Waals surface area contributed by atoms with E-state index in [9.17, 15) is 9.59 Å². The predicted octanol–water partition coefficient (Wildman–Crippen LogP) is 4.31. The van der Waals surface area contributed by atoms with Crippen molar-refractivity contribution in [3.05, 3.63) is 64.7 Å². The summed E-state index contributed by atoms with van der Waals surface area (Å²) in [5.74, 6) is -0.373. The van der Waals surface area contributed by atoms with Gasteiger partial charge in [0.25, 0.3) is 5.91 Å². The molecule has 0 fully saturated rings. The molecule has 0 heterocycles. The molecule has 4 heteroatoms. The number of carbonyl (C=O) groups excluding carboxylic acids is 2. The lowest BCUT2D eigenvalue weighted by atomic mass is 9.86. The van der Waals surface area contributed by atoms with E-state index >= 15 is 0 Å². The average Bonchev–Trinajstić information content (AvgIpc) is 2.56. The minimum atomic E-state index is -0.208. The monoisotopic (exact) mass is 352 g/mol. The molecule has 0 aliphatic carbocycles. The van der Waals surface area contributed by atoms with Crippen LogP contribution in [0, 0.1) is 13.8 Å². The first-order valence-electron chi connectivity index (χ1n) is 8.81. The molecule has 2 rings (SSSR count). The summed E-state index contributed by atoms with van der Waals surface area (Å²) < 4.78 is 0. The van der Waals surface area contributed by atoms with Crippen molar-refractivity contribution >= 4 is 17.5 Å². The van der Waals surface area contributed by atoms with Gasteiger partial charge in [-0.15, -0.1) is 0 Å². The zero-order valence-electron chi connectivity index (χ0n) is 16.5. The normalized spacial score (nSPS) is 11.2. The van der Waals surface area contributed by atoms with E-state index in [-0.39, 0.29) is 23.8 Å². The van der Waals surface area contributed by atoms with Crippen LogP contribution in [-0.4, -0.2) is 30.3 Å². The highest BCUT2D eigenvalue weighted by molar-refractivity contribution is 5.99. The molecule has 0 atom stereocenters. The molecule has 0 spiro atoms. The summed E-state index contributed by atoms with van der Waals surface area (Å²) in [6.07, 6.45) is 0. The third kappa shape index (κ3) is 4.94. The van der Waals surface area contributed by atoms with Crippen LogP contribution in [0.5, 0.6) is 0 Å². The molecule has 1 N–H and O–H groups in total. The molecule has 0 bridgehead atoms. The van der Waals surface area contributed by atoms with Crippen LogP contribution in [-0.2, 0) is 10.2 Å². The largest absolute Gasteiger partial charge is 0.332 e. The van der Waals surface area contributed by atoms with Crippen LogP contribution in [0.25, 0.3) is 0 Å². The number of hydrogen-bond acceptors (Lipinski definition) is 2. The van der Waals surface area contributed by atoms with Gasteiger partial charge < -0.3 is 10.2 Å². The van der Waals surface area contributed by atoms with E-state index in [1.165, 1.54) is 10.5 Å². The van der Waals surface area contributed by atoms with Gasteiger partial charge in [0.05, 0.1) is 6.54 Å². The van der Waals surface area contributed by atoms with E-state index in [2.05, 4.69) is 26.1 Å². The third-order valence-electron chi connectivity index (χ3n) is 4.39. The van der Waals surface area contributed by atoms with Gasteiger partial charge in [0.2, 0.25) is 5.91 Å². The Morgan fingerprint density at radius 3 is 2.19 bits per heavy atom. The summed E-state index contributed by atoms with van der Waals surface area (Å²) >= 11 is 0. The molecule has 0 saturated carbocycles. The Hall–Kier alpha value is -2.62. The van der Waals surface area contributed by atoms with Gasteiger partial charge in [0.15, 0.2) is 0 Å². The van der Waals surface area contributed by atoms with E-state index < -0.39 is 0 Å². The molecule has 4 nitrogen and oxygen atoms in total. The van der Waals surface area contributed by atoms with Crippen LogP contribution in [0.1, 0.15) is 47.8 Å². The van der Waals surface area contributed by atoms with Crippen molar-refractivity contribution in [3.63, 3.8) is 0 Å². The lowest BCUT2D eigenvalue weighted by molar-refractivity contribution is -0.116. The highest BCUT2D eigenvalue weighted by Crippen LogP contribution is 2.22. The maximum Gasteiger partial charge on any atom is 0.254 e. The van der Waals surface area contributed by atoms with Gasteiger partial charge in [0.1, 0.15) is 0 Å². The van der Waals surface area contributed by atoms with Crippen LogP contribution >= 0.6 is 0 Å². The van der Waals surface area contributed by atoms with E-state index in [4.69, 9.17) is 0 Å². The van der Waals surface area contributed by atoms with Crippen molar-refractivity contribution < 1.29 is 9.59 Å². The van der Waals surface area contributed by atoms with Gasteiger partial charge in [-0.2, -0.15) is 0 Å². The highest BCUT2D eigenvalue weighted by Gasteiger charge is 2.18. The van der Waals surface area contributed by atoms with Gasteiger partial charge in [-0.05, 0) is 54.2 Å². The number of benzene rings is 2. The molecule has 0 unspecified atom stereocenters. The minimum Gasteiger partial charge on any atom is -0.332 e. The first-order valence-corrected chi connectivity index (χ1v) is 8.81. The van der Waals surface area contributed by atoms with E-state index in [1.54, 1.807) is 7.05 Å². The Labute approximate surface area is 156 Å². The second-order valence-corrected chi connectivity index (χ2v) is 7.86. The number of anilines is 1. The number of hydrogen-bond donors (Lipinski definition) is 1. The van der Waals surface area contributed by atoms with Gasteiger partial charge in [-0.25, -0.2) is 0 Å². The topological polar surface area (TPSA) is 49.4 Å². The molecule has 2 aromatic rings. The Morgan fingerprint density at radius 1 is 1.00 bits per heavy atom. The molecule has 138 valence electrons. The number of nitrogens with zero attached hydrogens (tertiary/aromatic N) is 1. The molecule has 0 radical (unpaired) electrons. The van der Waals surface area contributed by atoms with E-state index in [1.807, 2.05) is 56.3 Å². The molecular formula is C22H28N2O2. The zero-order valence-corrected chi connectivity index (χ0v) is 16.5. The Kier molecular flexibility index (Phi) is 5.86. The zero-order chi connectivity index (χ0) is 19.5. The number of nitrogens with one attached hydrogen (secondary N) is 1. The summed E-state index contributed by atoms with van der Waals surface area (Å²) in [5, 5.41) is 2.88. The van der Waals surface area contributed by atoms with Crippen LogP contribution in [0.4, 0.5) is 5.69 Å². The minimum absolute atomic E-state index is 0.00718. The molecule has 2 amide bonds. The van der Waals surface area contributed by atoms with Crippen LogP contribution in [0.3, 0.4) is 0 Å². The Bertz CT molecular complexity index is 802. The fraction of sp³-hybridized carbons (Fsp3) is 0.364. The van der Waals surface area contributed by atoms with Gasteiger partial charge in [0, 0.05) is 18.3 Å². The van der Waals surface area contributed by atoms with E-state index in [0.717, 1.165) is 16.8 Å². The second-order valence-electron chi connectivity index (χ2n) is 7.86. The molecule has 0 aliphatic rings. The molecule has 0 aliphatic heterocycles. The Morgan fingerprint density at radius 2 is 1.62 bits per heavy atom. The smallest absolute Gasteiger partial charge is 0.254 e. The first kappa shape index (κ1) is 19.7. The molecule has 0 saturated heterocycles. The maximum absolute atomic E-state index is 12.6. The van der Waals surface area contributed by atoms with Crippen molar-refractivity contribution in [1.29, 1.82) is 0 Å². The number of amides is 2. The SMILES string of the molecule is Cc1ccc(C)c(NC(=O)CN(C)C(=O)c2ccc(C(C)(C)C)cc2)c1. The predicted molar refractivity (Wildman–Crippen MR) is 107 cm³/mol. The van der Waals surface area contributed by atoms with Gasteiger partial charge >= 0.3 is 0 Å². The quantitative estimate of drug-likeness (QED) is 0.891. The van der Waals surface area contributed by atoms with Crippen LogP contribution in [0.2, 0.25) is 0 Å². The third-order valence-corrected chi connectivity index (χ3v) is 4.39. The maximum atomic E-state index is 12.6. The summed E-state index contributed by atoms with van der Waals surface area (Å²) in [6.45, 7) is 10.3. The molecule has 0 aromatic heterocycles. The number of carbonyl (C=O) groups is 2. The lowest BCUT2D eigenvalue weighted by Crippen LogP contribution is -2.35. The molecule has 26 heavy (non-hydrogen) atoms. The average molecular weight is 352 g/mol. The Balaban J connectivity index is 2.02. The summed E-state index contributed by atoms with van der Waals surface area (Å²) in [4.78, 5) is 26.3. The lowest BCUT2D eigenvalue weighted by Gasteiger charge is -2.20. The van der Waals surface area contributed by atoms with Crippen molar-refractivity contribution in [3.8, 4) is 0 Å². The number of aryl methyl sites for hydroxylation is 2. The molecular weight excluding hydrogens is 324 g/mol. The standard InChI is InChI=1S/C22H28N2O2/c1-15-7-8-16(2)19(13-15)23-20(25)14-24(6)21(26)17-9-11-18(12-10-17)22(3,4)5/h7-13H,14H2,1-6H3,(H,23,25). The number of rotatable bonds is 4. The van der Waals surface area contributed by atoms with Gasteiger partial charge in [-0.1, -0.05) is 45.0 Å². The van der Waals surface area contributed by atoms with Gasteiger partial charge in [-0.3, -0.25) is 9.59 Å². The van der Waals surface area contributed by atoms with E-state index in [0.29, 0.717) is 5.56 Å². The fourth-order valence-corrected chi connectivity index (χ4v) is 2.68. The second kappa shape index (κ2) is 7.73. The first-order chi connectivity index (χ1) is 12.1. The summed E-state index contributed by atoms with van der Waals surface area (Å²) in [7, 11) is 1.64. The summed E-state index contributed by atoms with van der Waals surface area (Å²) in [6, 6.07) is 13.5. The number of likely N-dealkylation sites (N-methyl/N-ethyl adjacent to an activating group) is 1. The summed E-state index contributed by atoms with van der Waals surface area (Å²) in [5.41, 5.74) is 4.65. The van der Waals surface area contributed by atoms with Crippen LogP contribution < -0.4 is 5.32 Å². The van der Waals surface area contributed by atoms with Crippen LogP contribution in [0.15, 0.2) is 42.5 Å². The highest BCUT2D eigenvalue weighted by atomic mass is 16.2. The fourth-order valence-electron chi connectivity index (χ4n) is 2.68. The molecule has 2 aromatic carbocycles. The van der Waals surface area contributed by atoms with Crippen molar-refractivity contribution in [2.75, 3.05) is 18.9 Å². The van der Waals surface area contributed by atoms with Crippen molar-refractivity contribution in [1.82, 2.24) is 4.90 Å².